The zero-order valence-corrected chi connectivity index (χ0v) is 10.1. The lowest BCUT2D eigenvalue weighted by atomic mass is 9.84. The molecule has 82 valence electrons. The molecule has 0 heterocycles. The monoisotopic (exact) mass is 223 g/mol. The maximum absolute atomic E-state index is 6.01. The van der Waals surface area contributed by atoms with E-state index in [-0.39, 0.29) is 5.41 Å². The van der Waals surface area contributed by atoms with Crippen LogP contribution >= 0.6 is 11.6 Å². The maximum atomic E-state index is 6.01. The number of halogens is 1. The fourth-order valence-corrected chi connectivity index (χ4v) is 1.89. The molecule has 1 N–H and O–H groups in total. The highest BCUT2D eigenvalue weighted by atomic mass is 35.5. The maximum Gasteiger partial charge on any atom is 0.0408 e. The van der Waals surface area contributed by atoms with E-state index >= 15 is 0 Å². The molecule has 15 heavy (non-hydrogen) atoms. The largest absolute Gasteiger partial charge is 0.313 e. The van der Waals surface area contributed by atoms with Gasteiger partial charge in [-0.2, -0.15) is 0 Å². The second-order valence-electron chi connectivity index (χ2n) is 5.05. The van der Waals surface area contributed by atoms with Crippen LogP contribution in [0.15, 0.2) is 24.3 Å². The Morgan fingerprint density at radius 2 is 2.13 bits per heavy atom. The quantitative estimate of drug-likeness (QED) is 0.826. The summed E-state index contributed by atoms with van der Waals surface area (Å²) in [6.45, 7) is 5.54. The molecule has 0 atom stereocenters. The van der Waals surface area contributed by atoms with Crippen LogP contribution in [0.1, 0.15) is 32.3 Å². The molecular weight excluding hydrogens is 206 g/mol. The normalized spacial score (nSPS) is 16.7. The Bertz CT molecular complexity index is 342. The van der Waals surface area contributed by atoms with Gasteiger partial charge in [0.25, 0.3) is 0 Å². The van der Waals surface area contributed by atoms with Crippen LogP contribution in [-0.2, 0) is 5.41 Å². The van der Waals surface area contributed by atoms with E-state index in [4.69, 9.17) is 11.6 Å². The third-order valence-corrected chi connectivity index (χ3v) is 3.25. The van der Waals surface area contributed by atoms with Crippen LogP contribution < -0.4 is 5.32 Å². The van der Waals surface area contributed by atoms with Gasteiger partial charge in [0.15, 0.2) is 0 Å². The van der Waals surface area contributed by atoms with Gasteiger partial charge in [0.2, 0.25) is 0 Å². The first-order chi connectivity index (χ1) is 7.08. The lowest BCUT2D eigenvalue weighted by molar-refractivity contribution is 0.467. The van der Waals surface area contributed by atoms with Gasteiger partial charge in [-0.3, -0.25) is 0 Å². The Balaban J connectivity index is 2.05. The second kappa shape index (κ2) is 4.15. The van der Waals surface area contributed by atoms with Gasteiger partial charge in [-0.25, -0.2) is 0 Å². The number of nitrogens with one attached hydrogen (secondary N) is 1. The van der Waals surface area contributed by atoms with E-state index in [1.807, 2.05) is 12.1 Å². The van der Waals surface area contributed by atoms with Gasteiger partial charge in [0.1, 0.15) is 0 Å². The van der Waals surface area contributed by atoms with Gasteiger partial charge < -0.3 is 5.32 Å². The Morgan fingerprint density at radius 3 is 2.73 bits per heavy atom. The van der Waals surface area contributed by atoms with Crippen molar-refractivity contribution in [2.24, 2.45) is 0 Å². The lowest BCUT2D eigenvalue weighted by Crippen LogP contribution is -2.34. The van der Waals surface area contributed by atoms with Crippen LogP contribution in [0, 0.1) is 0 Å². The predicted octanol–water partition coefficient (Wildman–Crippen LogP) is 3.37. The Kier molecular flexibility index (Phi) is 3.03. The first-order valence-corrected chi connectivity index (χ1v) is 5.95. The van der Waals surface area contributed by atoms with E-state index in [1.165, 1.54) is 18.4 Å². The van der Waals surface area contributed by atoms with E-state index in [9.17, 15) is 0 Å². The molecule has 0 bridgehead atoms. The van der Waals surface area contributed by atoms with Crippen molar-refractivity contribution in [1.82, 2.24) is 5.32 Å². The third kappa shape index (κ3) is 2.96. The van der Waals surface area contributed by atoms with Crippen LogP contribution in [0.2, 0.25) is 5.02 Å². The molecule has 1 nitrogen and oxygen atoms in total. The average molecular weight is 224 g/mol. The summed E-state index contributed by atoms with van der Waals surface area (Å²) in [5, 5.41) is 4.40. The minimum Gasteiger partial charge on any atom is -0.313 e. The fraction of sp³-hybridized carbons (Fsp3) is 0.538. The molecule has 1 aromatic carbocycles. The van der Waals surface area contributed by atoms with Crippen LogP contribution in [0.5, 0.6) is 0 Å². The molecule has 1 aliphatic carbocycles. The lowest BCUT2D eigenvalue weighted by Gasteiger charge is -2.26. The Morgan fingerprint density at radius 1 is 1.40 bits per heavy atom. The van der Waals surface area contributed by atoms with Gasteiger partial charge in [-0.1, -0.05) is 37.6 Å². The third-order valence-electron chi connectivity index (χ3n) is 3.02. The van der Waals surface area contributed by atoms with E-state index < -0.39 is 0 Å². The molecule has 0 saturated heterocycles. The van der Waals surface area contributed by atoms with Gasteiger partial charge in [0.05, 0.1) is 0 Å². The van der Waals surface area contributed by atoms with E-state index in [2.05, 4.69) is 31.3 Å². The molecule has 1 aliphatic rings. The molecule has 0 amide bonds. The zero-order chi connectivity index (χ0) is 10.9. The van der Waals surface area contributed by atoms with Gasteiger partial charge in [-0.15, -0.1) is 0 Å². The van der Waals surface area contributed by atoms with Gasteiger partial charge in [-0.05, 0) is 30.5 Å². The summed E-state index contributed by atoms with van der Waals surface area (Å²) < 4.78 is 0. The highest BCUT2D eigenvalue weighted by Crippen LogP contribution is 2.27. The SMILES string of the molecule is CC(C)(CNC1CC1)c1cccc(Cl)c1. The van der Waals surface area contributed by atoms with Crippen LogP contribution in [-0.4, -0.2) is 12.6 Å². The van der Waals surface area contributed by atoms with Crippen molar-refractivity contribution in [1.29, 1.82) is 0 Å². The molecule has 1 aromatic rings. The summed E-state index contributed by atoms with van der Waals surface area (Å²) in [5.74, 6) is 0. The van der Waals surface area contributed by atoms with Crippen molar-refractivity contribution in [3.05, 3.63) is 34.9 Å². The van der Waals surface area contributed by atoms with Crippen molar-refractivity contribution < 1.29 is 0 Å². The van der Waals surface area contributed by atoms with Crippen molar-refractivity contribution >= 4 is 11.6 Å². The Labute approximate surface area is 96.8 Å². The standard InChI is InChI=1S/C13H18ClN/c1-13(2,9-15-12-6-7-12)10-4-3-5-11(14)8-10/h3-5,8,12,15H,6-7,9H2,1-2H3. The Hall–Kier alpha value is -0.530. The zero-order valence-electron chi connectivity index (χ0n) is 9.39. The molecule has 0 aromatic heterocycles. The molecule has 2 heteroatoms. The fourth-order valence-electron chi connectivity index (χ4n) is 1.70. The number of rotatable bonds is 4. The van der Waals surface area contributed by atoms with Crippen molar-refractivity contribution in [3.8, 4) is 0 Å². The topological polar surface area (TPSA) is 12.0 Å². The number of hydrogen-bond acceptors (Lipinski definition) is 1. The molecule has 2 rings (SSSR count). The van der Waals surface area contributed by atoms with E-state index in [0.717, 1.165) is 17.6 Å². The second-order valence-corrected chi connectivity index (χ2v) is 5.49. The predicted molar refractivity (Wildman–Crippen MR) is 65.5 cm³/mol. The molecule has 1 saturated carbocycles. The van der Waals surface area contributed by atoms with Crippen molar-refractivity contribution in [2.45, 2.75) is 38.1 Å². The summed E-state index contributed by atoms with van der Waals surface area (Å²) in [6, 6.07) is 8.94. The summed E-state index contributed by atoms with van der Waals surface area (Å²) in [6.07, 6.45) is 2.68. The smallest absolute Gasteiger partial charge is 0.0408 e. The highest BCUT2D eigenvalue weighted by molar-refractivity contribution is 6.30. The number of hydrogen-bond donors (Lipinski definition) is 1. The molecule has 0 spiro atoms. The van der Waals surface area contributed by atoms with Crippen molar-refractivity contribution in [3.63, 3.8) is 0 Å². The molecule has 0 unspecified atom stereocenters. The van der Waals surface area contributed by atoms with Crippen molar-refractivity contribution in [2.75, 3.05) is 6.54 Å². The number of benzene rings is 1. The molecular formula is C13H18ClN. The average Bonchev–Trinajstić information content (AvgIpc) is 2.98. The highest BCUT2D eigenvalue weighted by Gasteiger charge is 2.26. The van der Waals surface area contributed by atoms with Gasteiger partial charge in [0, 0.05) is 23.0 Å². The minimum absolute atomic E-state index is 0.160. The molecule has 1 fully saturated rings. The summed E-state index contributed by atoms with van der Waals surface area (Å²) in [7, 11) is 0. The first kappa shape index (κ1) is 11.0. The molecule has 0 radical (unpaired) electrons. The van der Waals surface area contributed by atoms with Crippen LogP contribution in [0.4, 0.5) is 0 Å². The minimum atomic E-state index is 0.160. The van der Waals surface area contributed by atoms with Crippen LogP contribution in [0.25, 0.3) is 0 Å². The first-order valence-electron chi connectivity index (χ1n) is 5.57. The summed E-state index contributed by atoms with van der Waals surface area (Å²) in [4.78, 5) is 0. The summed E-state index contributed by atoms with van der Waals surface area (Å²) in [5.41, 5.74) is 1.47. The summed E-state index contributed by atoms with van der Waals surface area (Å²) >= 11 is 6.01. The van der Waals surface area contributed by atoms with E-state index in [0.29, 0.717) is 0 Å². The van der Waals surface area contributed by atoms with Crippen LogP contribution in [0.3, 0.4) is 0 Å². The van der Waals surface area contributed by atoms with E-state index in [1.54, 1.807) is 0 Å². The molecule has 0 aliphatic heterocycles. The van der Waals surface area contributed by atoms with Gasteiger partial charge >= 0.3 is 0 Å².